The summed E-state index contributed by atoms with van der Waals surface area (Å²) in [6, 6.07) is 19.3. The Morgan fingerprint density at radius 1 is 0.966 bits per heavy atom. The molecule has 0 saturated carbocycles. The summed E-state index contributed by atoms with van der Waals surface area (Å²) in [7, 11) is 0. The molecule has 3 aromatic heterocycles. The molecule has 29 heavy (non-hydrogen) atoms. The average molecular weight is 382 g/mol. The van der Waals surface area contributed by atoms with Crippen LogP contribution in [0.1, 0.15) is 10.6 Å². The molecular weight excluding hydrogens is 368 g/mol. The number of rotatable bonds is 3. The van der Waals surface area contributed by atoms with E-state index in [0.717, 1.165) is 11.0 Å². The van der Waals surface area contributed by atoms with E-state index in [9.17, 15) is 9.59 Å². The van der Waals surface area contributed by atoms with E-state index in [0.29, 0.717) is 22.5 Å². The molecule has 1 amide bonds. The molecule has 2 aromatic carbocycles. The van der Waals surface area contributed by atoms with Crippen LogP contribution in [-0.4, -0.2) is 20.4 Å². The minimum absolute atomic E-state index is 0.0571. The van der Waals surface area contributed by atoms with Gasteiger partial charge < -0.3 is 9.73 Å². The highest BCUT2D eigenvalue weighted by atomic mass is 16.3. The Morgan fingerprint density at radius 3 is 2.66 bits per heavy atom. The van der Waals surface area contributed by atoms with E-state index in [4.69, 9.17) is 4.42 Å². The van der Waals surface area contributed by atoms with E-state index in [1.54, 1.807) is 48.9 Å². The third kappa shape index (κ3) is 3.04. The molecule has 5 aromatic rings. The van der Waals surface area contributed by atoms with Crippen molar-refractivity contribution in [3.63, 3.8) is 0 Å². The van der Waals surface area contributed by atoms with Crippen molar-refractivity contribution in [3.8, 4) is 5.82 Å². The lowest BCUT2D eigenvalue weighted by Crippen LogP contribution is -2.15. The Kier molecular flexibility index (Phi) is 3.91. The molecule has 0 atom stereocenters. The summed E-state index contributed by atoms with van der Waals surface area (Å²) in [6.07, 6.45) is 3.25. The molecule has 0 bridgehead atoms. The number of carbonyl (C=O) groups excluding carboxylic acids is 1. The van der Waals surface area contributed by atoms with Gasteiger partial charge in [0.2, 0.25) is 0 Å². The van der Waals surface area contributed by atoms with Gasteiger partial charge in [0.1, 0.15) is 17.7 Å². The van der Waals surface area contributed by atoms with Crippen LogP contribution >= 0.6 is 0 Å². The first-order valence-corrected chi connectivity index (χ1v) is 8.92. The van der Waals surface area contributed by atoms with E-state index < -0.39 is 5.91 Å². The molecule has 0 fully saturated rings. The van der Waals surface area contributed by atoms with Crippen molar-refractivity contribution in [1.82, 2.24) is 14.5 Å². The standard InChI is InChI=1S/C22H14N4O3/c27-18-11-20(29-19-8-4-1-5-15(18)19)22(28)25-14-9-10-21(23-12-14)26-13-24-16-6-2-3-7-17(16)26/h1-13H,(H,25,28). The minimum atomic E-state index is -0.518. The van der Waals surface area contributed by atoms with Gasteiger partial charge in [-0.25, -0.2) is 9.97 Å². The van der Waals surface area contributed by atoms with Gasteiger partial charge in [0.15, 0.2) is 11.2 Å². The molecule has 0 aliphatic rings. The number of aromatic nitrogens is 3. The van der Waals surface area contributed by atoms with Crippen LogP contribution in [0.15, 0.2) is 88.5 Å². The summed E-state index contributed by atoms with van der Waals surface area (Å²) >= 11 is 0. The van der Waals surface area contributed by atoms with Gasteiger partial charge in [-0.05, 0) is 36.4 Å². The zero-order valence-corrected chi connectivity index (χ0v) is 15.1. The fourth-order valence-electron chi connectivity index (χ4n) is 3.15. The maximum absolute atomic E-state index is 12.5. The van der Waals surface area contributed by atoms with Gasteiger partial charge in [0, 0.05) is 6.07 Å². The van der Waals surface area contributed by atoms with Gasteiger partial charge in [-0.3, -0.25) is 14.2 Å². The number of para-hydroxylation sites is 3. The minimum Gasteiger partial charge on any atom is -0.451 e. The first-order valence-electron chi connectivity index (χ1n) is 8.92. The molecule has 5 rings (SSSR count). The van der Waals surface area contributed by atoms with Crippen molar-refractivity contribution in [2.75, 3.05) is 5.32 Å². The first-order chi connectivity index (χ1) is 14.2. The van der Waals surface area contributed by atoms with Crippen molar-refractivity contribution in [2.45, 2.75) is 0 Å². The van der Waals surface area contributed by atoms with Crippen LogP contribution in [0.25, 0.3) is 27.8 Å². The number of anilines is 1. The van der Waals surface area contributed by atoms with Crippen LogP contribution in [0.4, 0.5) is 5.69 Å². The molecule has 7 nitrogen and oxygen atoms in total. The molecule has 140 valence electrons. The fourth-order valence-corrected chi connectivity index (χ4v) is 3.15. The van der Waals surface area contributed by atoms with E-state index in [1.807, 2.05) is 28.8 Å². The first kappa shape index (κ1) is 16.9. The normalized spacial score (nSPS) is 11.0. The number of nitrogens with one attached hydrogen (secondary N) is 1. The van der Waals surface area contributed by atoms with Crippen molar-refractivity contribution in [3.05, 3.63) is 95.2 Å². The summed E-state index contributed by atoms with van der Waals surface area (Å²) in [6.45, 7) is 0. The van der Waals surface area contributed by atoms with E-state index in [2.05, 4.69) is 15.3 Å². The number of fused-ring (bicyclic) bond motifs is 2. The van der Waals surface area contributed by atoms with E-state index in [1.165, 1.54) is 6.07 Å². The summed E-state index contributed by atoms with van der Waals surface area (Å²) in [5.74, 6) is 0.0998. The lowest BCUT2D eigenvalue weighted by Gasteiger charge is -2.07. The quantitative estimate of drug-likeness (QED) is 0.513. The summed E-state index contributed by atoms with van der Waals surface area (Å²) < 4.78 is 7.43. The number of amides is 1. The van der Waals surface area contributed by atoms with Gasteiger partial charge in [0.05, 0.1) is 28.3 Å². The van der Waals surface area contributed by atoms with Crippen LogP contribution in [-0.2, 0) is 0 Å². The maximum Gasteiger partial charge on any atom is 0.291 e. The fraction of sp³-hybridized carbons (Fsp3) is 0. The monoisotopic (exact) mass is 382 g/mol. The maximum atomic E-state index is 12.5. The second kappa shape index (κ2) is 6.72. The molecule has 0 spiro atoms. The lowest BCUT2D eigenvalue weighted by atomic mass is 10.2. The SMILES string of the molecule is O=C(Nc1ccc(-n2cnc3ccccc32)nc1)c1cc(=O)c2ccccc2o1. The third-order valence-corrected chi connectivity index (χ3v) is 4.56. The van der Waals surface area contributed by atoms with Crippen molar-refractivity contribution in [1.29, 1.82) is 0 Å². The zero-order valence-electron chi connectivity index (χ0n) is 15.1. The number of hydrogen-bond donors (Lipinski definition) is 1. The largest absolute Gasteiger partial charge is 0.451 e. The smallest absolute Gasteiger partial charge is 0.291 e. The Bertz CT molecular complexity index is 1420. The number of pyridine rings is 1. The van der Waals surface area contributed by atoms with Gasteiger partial charge in [-0.2, -0.15) is 0 Å². The van der Waals surface area contributed by atoms with Gasteiger partial charge in [0.25, 0.3) is 5.91 Å². The lowest BCUT2D eigenvalue weighted by molar-refractivity contribution is 0.0997. The van der Waals surface area contributed by atoms with E-state index >= 15 is 0 Å². The highest BCUT2D eigenvalue weighted by molar-refractivity contribution is 6.02. The topological polar surface area (TPSA) is 90.0 Å². The molecule has 7 heteroatoms. The van der Waals surface area contributed by atoms with Crippen molar-refractivity contribution >= 4 is 33.6 Å². The Balaban J connectivity index is 1.41. The number of hydrogen-bond acceptors (Lipinski definition) is 5. The van der Waals surface area contributed by atoms with Gasteiger partial charge in [-0.1, -0.05) is 24.3 Å². The van der Waals surface area contributed by atoms with Crippen LogP contribution in [0.5, 0.6) is 0 Å². The summed E-state index contributed by atoms with van der Waals surface area (Å²) in [5.41, 5.74) is 2.40. The molecule has 0 radical (unpaired) electrons. The second-order valence-electron chi connectivity index (χ2n) is 6.43. The highest BCUT2D eigenvalue weighted by Gasteiger charge is 2.13. The predicted octanol–water partition coefficient (Wildman–Crippen LogP) is 3.78. The molecular formula is C22H14N4O3. The molecule has 3 heterocycles. The molecule has 0 unspecified atom stereocenters. The Labute approximate surface area is 164 Å². The van der Waals surface area contributed by atoms with Crippen molar-refractivity contribution in [2.24, 2.45) is 0 Å². The van der Waals surface area contributed by atoms with Crippen molar-refractivity contribution < 1.29 is 9.21 Å². The van der Waals surface area contributed by atoms with Crippen LogP contribution in [0.3, 0.4) is 0 Å². The molecule has 0 aliphatic carbocycles. The predicted molar refractivity (Wildman–Crippen MR) is 109 cm³/mol. The van der Waals surface area contributed by atoms with Crippen LogP contribution in [0, 0.1) is 0 Å². The number of nitrogens with zero attached hydrogens (tertiary/aromatic N) is 3. The van der Waals surface area contributed by atoms with Crippen LogP contribution < -0.4 is 10.7 Å². The van der Waals surface area contributed by atoms with Gasteiger partial charge >= 0.3 is 0 Å². The number of imidazole rings is 1. The van der Waals surface area contributed by atoms with Crippen LogP contribution in [0.2, 0.25) is 0 Å². The van der Waals surface area contributed by atoms with E-state index in [-0.39, 0.29) is 11.2 Å². The molecule has 0 aliphatic heterocycles. The highest BCUT2D eigenvalue weighted by Crippen LogP contribution is 2.18. The summed E-state index contributed by atoms with van der Waals surface area (Å²) in [4.78, 5) is 33.4. The average Bonchev–Trinajstić information content (AvgIpc) is 3.18. The van der Waals surface area contributed by atoms with Gasteiger partial charge in [-0.15, -0.1) is 0 Å². The Hall–Kier alpha value is -4.26. The zero-order chi connectivity index (χ0) is 19.8. The second-order valence-corrected chi connectivity index (χ2v) is 6.43. The number of carbonyl (C=O) groups is 1. The molecule has 1 N–H and O–H groups in total. The number of benzene rings is 2. The third-order valence-electron chi connectivity index (χ3n) is 4.56. The molecule has 0 saturated heterocycles. The Morgan fingerprint density at radius 2 is 1.79 bits per heavy atom. The summed E-state index contributed by atoms with van der Waals surface area (Å²) in [5, 5.41) is 3.13.